The maximum Gasteiger partial charge on any atom is 0.129 e. The second kappa shape index (κ2) is 4.47. The summed E-state index contributed by atoms with van der Waals surface area (Å²) < 4.78 is 13.3. The second-order valence-electron chi connectivity index (χ2n) is 4.13. The molecule has 3 N–H and O–H groups in total. The van der Waals surface area contributed by atoms with E-state index < -0.39 is 0 Å². The van der Waals surface area contributed by atoms with Crippen LogP contribution < -0.4 is 5.73 Å². The molecule has 0 amide bonds. The van der Waals surface area contributed by atoms with E-state index in [2.05, 4.69) is 15.2 Å². The van der Waals surface area contributed by atoms with Crippen LogP contribution in [0.3, 0.4) is 0 Å². The van der Waals surface area contributed by atoms with Crippen LogP contribution in [-0.4, -0.2) is 15.2 Å². The van der Waals surface area contributed by atoms with Gasteiger partial charge in [0.2, 0.25) is 0 Å². The Morgan fingerprint density at radius 1 is 1.37 bits per heavy atom. The Kier molecular flexibility index (Phi) is 2.79. The number of halogens is 1. The van der Waals surface area contributed by atoms with Gasteiger partial charge in [-0.15, -0.1) is 11.3 Å². The van der Waals surface area contributed by atoms with E-state index in [1.165, 1.54) is 23.5 Å². The summed E-state index contributed by atoms with van der Waals surface area (Å²) in [5.41, 5.74) is 8.10. The monoisotopic (exact) mass is 274 g/mol. The zero-order chi connectivity index (χ0) is 13.4. The number of nitrogens with zero attached hydrogens (tertiary/aromatic N) is 2. The molecule has 0 radical (unpaired) electrons. The number of anilines is 1. The first-order valence-electron chi connectivity index (χ1n) is 5.67. The van der Waals surface area contributed by atoms with Gasteiger partial charge in [-0.25, -0.2) is 9.37 Å². The van der Waals surface area contributed by atoms with Gasteiger partial charge in [0.25, 0.3) is 0 Å². The molecule has 0 fully saturated rings. The molecule has 2 aromatic heterocycles. The van der Waals surface area contributed by atoms with Crippen molar-refractivity contribution in [1.82, 2.24) is 15.2 Å². The van der Waals surface area contributed by atoms with Crippen molar-refractivity contribution in [3.63, 3.8) is 0 Å². The highest BCUT2D eigenvalue weighted by Gasteiger charge is 2.14. The number of aromatic nitrogens is 3. The van der Waals surface area contributed by atoms with Crippen molar-refractivity contribution >= 4 is 17.2 Å². The molecule has 4 nitrogen and oxygen atoms in total. The Labute approximate surface area is 113 Å². The SMILES string of the molecule is Cc1sc(-c2cn[nH]c2N)nc1-c1cccc(F)c1. The number of aromatic amines is 1. The first-order valence-corrected chi connectivity index (χ1v) is 6.49. The van der Waals surface area contributed by atoms with Crippen molar-refractivity contribution in [2.24, 2.45) is 0 Å². The van der Waals surface area contributed by atoms with Gasteiger partial charge in [0.05, 0.1) is 17.5 Å². The van der Waals surface area contributed by atoms with Gasteiger partial charge in [0, 0.05) is 10.4 Å². The van der Waals surface area contributed by atoms with Crippen molar-refractivity contribution in [2.75, 3.05) is 5.73 Å². The zero-order valence-corrected chi connectivity index (χ0v) is 11.0. The van der Waals surface area contributed by atoms with Crippen molar-refractivity contribution in [3.8, 4) is 21.8 Å². The summed E-state index contributed by atoms with van der Waals surface area (Å²) in [6.45, 7) is 1.96. The summed E-state index contributed by atoms with van der Waals surface area (Å²) in [4.78, 5) is 5.55. The average molecular weight is 274 g/mol. The van der Waals surface area contributed by atoms with Crippen LogP contribution in [0, 0.1) is 12.7 Å². The minimum Gasteiger partial charge on any atom is -0.383 e. The predicted octanol–water partition coefficient (Wildman–Crippen LogP) is 3.23. The van der Waals surface area contributed by atoms with Gasteiger partial charge >= 0.3 is 0 Å². The third kappa shape index (κ3) is 2.10. The molecular weight excluding hydrogens is 263 g/mol. The molecule has 0 saturated heterocycles. The highest BCUT2D eigenvalue weighted by Crippen LogP contribution is 2.34. The van der Waals surface area contributed by atoms with Crippen LogP contribution in [-0.2, 0) is 0 Å². The standard InChI is InChI=1S/C13H11FN4S/c1-7-11(8-3-2-4-9(14)5-8)17-13(19-7)10-6-16-18-12(10)15/h2-6H,1H3,(H3,15,16,18). The predicted molar refractivity (Wildman–Crippen MR) is 74.2 cm³/mol. The third-order valence-electron chi connectivity index (χ3n) is 2.79. The molecular formula is C13H11FN4S. The molecule has 19 heavy (non-hydrogen) atoms. The number of hydrogen-bond donors (Lipinski definition) is 2. The maximum absolute atomic E-state index is 13.3. The smallest absolute Gasteiger partial charge is 0.129 e. The van der Waals surface area contributed by atoms with Crippen LogP contribution in [0.1, 0.15) is 4.88 Å². The number of nitrogen functional groups attached to an aromatic ring is 1. The third-order valence-corrected chi connectivity index (χ3v) is 3.80. The topological polar surface area (TPSA) is 67.6 Å². The molecule has 0 aliphatic heterocycles. The van der Waals surface area contributed by atoms with Gasteiger partial charge in [-0.2, -0.15) is 5.10 Å². The summed E-state index contributed by atoms with van der Waals surface area (Å²) in [5.74, 6) is 0.216. The molecule has 0 aliphatic carbocycles. The van der Waals surface area contributed by atoms with Crippen LogP contribution in [0.2, 0.25) is 0 Å². The molecule has 0 spiro atoms. The van der Waals surface area contributed by atoms with E-state index in [9.17, 15) is 4.39 Å². The number of thiazole rings is 1. The summed E-state index contributed by atoms with van der Waals surface area (Å²) >= 11 is 1.51. The largest absolute Gasteiger partial charge is 0.383 e. The average Bonchev–Trinajstić information content (AvgIpc) is 2.95. The van der Waals surface area contributed by atoms with Gasteiger partial charge in [-0.3, -0.25) is 5.10 Å². The van der Waals surface area contributed by atoms with E-state index in [1.807, 2.05) is 13.0 Å². The lowest BCUT2D eigenvalue weighted by molar-refractivity contribution is 0.628. The van der Waals surface area contributed by atoms with E-state index in [1.54, 1.807) is 12.3 Å². The Morgan fingerprint density at radius 2 is 2.21 bits per heavy atom. The normalized spacial score (nSPS) is 10.8. The molecule has 96 valence electrons. The lowest BCUT2D eigenvalue weighted by Gasteiger charge is -1.98. The van der Waals surface area contributed by atoms with E-state index in [0.29, 0.717) is 5.82 Å². The first kappa shape index (κ1) is 11.9. The lowest BCUT2D eigenvalue weighted by Crippen LogP contribution is -1.87. The van der Waals surface area contributed by atoms with Crippen LogP contribution in [0.25, 0.3) is 21.8 Å². The number of nitrogens with one attached hydrogen (secondary N) is 1. The number of nitrogens with two attached hydrogens (primary N) is 1. The van der Waals surface area contributed by atoms with Gasteiger partial charge in [-0.05, 0) is 19.1 Å². The molecule has 1 aromatic carbocycles. The highest BCUT2D eigenvalue weighted by atomic mass is 32.1. The minimum atomic E-state index is -0.269. The quantitative estimate of drug-likeness (QED) is 0.754. The Morgan fingerprint density at radius 3 is 2.89 bits per heavy atom. The number of hydrogen-bond acceptors (Lipinski definition) is 4. The molecule has 0 unspecified atom stereocenters. The fourth-order valence-electron chi connectivity index (χ4n) is 1.88. The first-order chi connectivity index (χ1) is 9.15. The van der Waals surface area contributed by atoms with Crippen LogP contribution in [0.4, 0.5) is 10.2 Å². The summed E-state index contributed by atoms with van der Waals surface area (Å²) in [6.07, 6.45) is 1.64. The maximum atomic E-state index is 13.3. The Hall–Kier alpha value is -2.21. The lowest BCUT2D eigenvalue weighted by atomic mass is 10.1. The number of H-pyrrole nitrogens is 1. The fourth-order valence-corrected chi connectivity index (χ4v) is 2.84. The number of benzene rings is 1. The molecule has 0 saturated carbocycles. The highest BCUT2D eigenvalue weighted by molar-refractivity contribution is 7.15. The van der Waals surface area contributed by atoms with Gasteiger partial charge in [0.1, 0.15) is 16.6 Å². The molecule has 3 aromatic rings. The van der Waals surface area contributed by atoms with Gasteiger partial charge in [0.15, 0.2) is 0 Å². The van der Waals surface area contributed by atoms with Crippen LogP contribution in [0.15, 0.2) is 30.5 Å². The molecule has 3 rings (SSSR count). The molecule has 0 bridgehead atoms. The van der Waals surface area contributed by atoms with E-state index in [0.717, 1.165) is 26.7 Å². The van der Waals surface area contributed by atoms with E-state index in [4.69, 9.17) is 5.73 Å². The molecule has 6 heteroatoms. The zero-order valence-electron chi connectivity index (χ0n) is 10.1. The fraction of sp³-hybridized carbons (Fsp3) is 0.0769. The molecule has 2 heterocycles. The Bertz CT molecular complexity index is 732. The van der Waals surface area contributed by atoms with E-state index in [-0.39, 0.29) is 5.82 Å². The van der Waals surface area contributed by atoms with Crippen molar-refractivity contribution in [1.29, 1.82) is 0 Å². The summed E-state index contributed by atoms with van der Waals surface area (Å²) in [6, 6.07) is 6.41. The van der Waals surface area contributed by atoms with Crippen LogP contribution >= 0.6 is 11.3 Å². The van der Waals surface area contributed by atoms with E-state index >= 15 is 0 Å². The number of aryl methyl sites for hydroxylation is 1. The molecule has 0 aliphatic rings. The van der Waals surface area contributed by atoms with Gasteiger partial charge in [-0.1, -0.05) is 12.1 Å². The second-order valence-corrected chi connectivity index (χ2v) is 5.33. The van der Waals surface area contributed by atoms with Crippen molar-refractivity contribution in [2.45, 2.75) is 6.92 Å². The number of rotatable bonds is 2. The Balaban J connectivity index is 2.10. The minimum absolute atomic E-state index is 0.269. The van der Waals surface area contributed by atoms with Crippen LogP contribution in [0.5, 0.6) is 0 Å². The van der Waals surface area contributed by atoms with Crippen molar-refractivity contribution < 1.29 is 4.39 Å². The summed E-state index contributed by atoms with van der Waals surface area (Å²) in [7, 11) is 0. The summed E-state index contributed by atoms with van der Waals surface area (Å²) in [5, 5.41) is 7.34. The van der Waals surface area contributed by atoms with Crippen molar-refractivity contribution in [3.05, 3.63) is 41.2 Å². The van der Waals surface area contributed by atoms with Gasteiger partial charge < -0.3 is 5.73 Å². The molecule has 0 atom stereocenters.